The Labute approximate surface area is 217 Å². The SMILES string of the molecule is COc1ccc(C2Cc3cc(Sc4ccccc4)ccc3N(CCN(C)C)C(=O)C2OC(C)=O)cc1. The van der Waals surface area contributed by atoms with Crippen molar-refractivity contribution in [3.8, 4) is 5.75 Å². The smallest absolute Gasteiger partial charge is 0.303 e. The van der Waals surface area contributed by atoms with Gasteiger partial charge in [0, 0.05) is 41.4 Å². The Bertz CT molecular complexity index is 1200. The normalized spacial score (nSPS) is 17.5. The van der Waals surface area contributed by atoms with Crippen molar-refractivity contribution in [1.29, 1.82) is 0 Å². The minimum absolute atomic E-state index is 0.199. The molecule has 0 bridgehead atoms. The lowest BCUT2D eigenvalue weighted by molar-refractivity contribution is -0.154. The number of carbonyl (C=O) groups is 2. The molecule has 0 aliphatic carbocycles. The van der Waals surface area contributed by atoms with Crippen molar-refractivity contribution < 1.29 is 19.1 Å². The van der Waals surface area contributed by atoms with Gasteiger partial charge in [0.25, 0.3) is 5.91 Å². The molecule has 1 heterocycles. The van der Waals surface area contributed by atoms with E-state index in [-0.39, 0.29) is 11.8 Å². The van der Waals surface area contributed by atoms with Gasteiger partial charge >= 0.3 is 5.97 Å². The molecule has 6 nitrogen and oxygen atoms in total. The lowest BCUT2D eigenvalue weighted by atomic mass is 9.87. The van der Waals surface area contributed by atoms with Crippen LogP contribution in [0, 0.1) is 0 Å². The highest BCUT2D eigenvalue weighted by atomic mass is 32.2. The number of likely N-dealkylation sites (N-methyl/N-ethyl adjacent to an activating group) is 1. The molecule has 3 aromatic rings. The minimum Gasteiger partial charge on any atom is -0.497 e. The maximum atomic E-state index is 13.9. The van der Waals surface area contributed by atoms with Gasteiger partial charge in [-0.15, -0.1) is 0 Å². The Hall–Kier alpha value is -3.29. The maximum Gasteiger partial charge on any atom is 0.303 e. The summed E-state index contributed by atoms with van der Waals surface area (Å²) in [5.41, 5.74) is 2.85. The van der Waals surface area contributed by atoms with Crippen LogP contribution in [-0.4, -0.2) is 57.2 Å². The summed E-state index contributed by atoms with van der Waals surface area (Å²) < 4.78 is 11.0. The van der Waals surface area contributed by atoms with E-state index in [1.54, 1.807) is 23.8 Å². The number of fused-ring (bicyclic) bond motifs is 1. The molecule has 7 heteroatoms. The fraction of sp³-hybridized carbons (Fsp3) is 0.310. The van der Waals surface area contributed by atoms with Gasteiger partial charge in [-0.3, -0.25) is 9.59 Å². The number of methoxy groups -OCH3 is 1. The lowest BCUT2D eigenvalue weighted by Gasteiger charge is -2.29. The summed E-state index contributed by atoms with van der Waals surface area (Å²) >= 11 is 1.69. The fourth-order valence-electron chi connectivity index (χ4n) is 4.45. The Balaban J connectivity index is 1.78. The number of carbonyl (C=O) groups excluding carboxylic acids is 2. The first-order valence-corrected chi connectivity index (χ1v) is 12.8. The first-order chi connectivity index (χ1) is 17.4. The molecule has 0 saturated heterocycles. The van der Waals surface area contributed by atoms with Gasteiger partial charge in [-0.1, -0.05) is 42.1 Å². The molecule has 0 N–H and O–H groups in total. The second kappa shape index (κ2) is 11.6. The summed E-state index contributed by atoms with van der Waals surface area (Å²) in [6.45, 7) is 2.54. The van der Waals surface area contributed by atoms with Crippen molar-refractivity contribution in [3.05, 3.63) is 83.9 Å². The second-order valence-electron chi connectivity index (χ2n) is 9.11. The van der Waals surface area contributed by atoms with Crippen molar-refractivity contribution >= 4 is 29.3 Å². The van der Waals surface area contributed by atoms with E-state index in [9.17, 15) is 9.59 Å². The molecule has 0 aromatic heterocycles. The predicted molar refractivity (Wildman–Crippen MR) is 143 cm³/mol. The van der Waals surface area contributed by atoms with E-state index in [0.717, 1.165) is 32.4 Å². The summed E-state index contributed by atoms with van der Waals surface area (Å²) in [7, 11) is 5.58. The summed E-state index contributed by atoms with van der Waals surface area (Å²) in [6.07, 6.45) is -0.358. The third kappa shape index (κ3) is 6.09. The van der Waals surface area contributed by atoms with Gasteiger partial charge in [0.15, 0.2) is 6.10 Å². The van der Waals surface area contributed by atoms with E-state index in [2.05, 4.69) is 24.3 Å². The molecular formula is C29H32N2O4S. The van der Waals surface area contributed by atoms with Crippen LogP contribution in [0.5, 0.6) is 5.75 Å². The summed E-state index contributed by atoms with van der Waals surface area (Å²) in [5, 5.41) is 0. The molecule has 0 saturated carbocycles. The predicted octanol–water partition coefficient (Wildman–Crippen LogP) is 5.01. The third-order valence-corrected chi connectivity index (χ3v) is 7.24. The van der Waals surface area contributed by atoms with Crippen molar-refractivity contribution in [3.63, 3.8) is 0 Å². The van der Waals surface area contributed by atoms with Crippen LogP contribution in [0.15, 0.2) is 82.6 Å². The first-order valence-electron chi connectivity index (χ1n) is 12.0. The highest BCUT2D eigenvalue weighted by Gasteiger charge is 2.40. The van der Waals surface area contributed by atoms with E-state index >= 15 is 0 Å². The highest BCUT2D eigenvalue weighted by molar-refractivity contribution is 7.99. The zero-order valence-corrected chi connectivity index (χ0v) is 22.0. The molecule has 0 spiro atoms. The molecule has 0 fully saturated rings. The van der Waals surface area contributed by atoms with Crippen molar-refractivity contribution in [1.82, 2.24) is 4.90 Å². The molecule has 188 valence electrons. The number of ether oxygens (including phenoxy) is 2. The number of rotatable bonds is 8. The molecule has 1 amide bonds. The van der Waals surface area contributed by atoms with Crippen LogP contribution in [0.25, 0.3) is 0 Å². The second-order valence-corrected chi connectivity index (χ2v) is 10.3. The molecule has 36 heavy (non-hydrogen) atoms. The van der Waals surface area contributed by atoms with E-state index in [0.29, 0.717) is 19.5 Å². The van der Waals surface area contributed by atoms with Crippen LogP contribution in [0.3, 0.4) is 0 Å². The average molecular weight is 505 g/mol. The van der Waals surface area contributed by atoms with Gasteiger partial charge in [-0.25, -0.2) is 0 Å². The van der Waals surface area contributed by atoms with Crippen molar-refractivity contribution in [2.75, 3.05) is 39.2 Å². The number of nitrogens with zero attached hydrogens (tertiary/aromatic N) is 2. The average Bonchev–Trinajstić information content (AvgIpc) is 2.97. The van der Waals surface area contributed by atoms with Gasteiger partial charge in [0.1, 0.15) is 5.75 Å². The van der Waals surface area contributed by atoms with Gasteiger partial charge in [-0.2, -0.15) is 0 Å². The molecular weight excluding hydrogens is 472 g/mol. The number of hydrogen-bond donors (Lipinski definition) is 0. The highest BCUT2D eigenvalue weighted by Crippen LogP contribution is 2.39. The van der Waals surface area contributed by atoms with Crippen LogP contribution in [0.4, 0.5) is 5.69 Å². The monoisotopic (exact) mass is 504 g/mol. The zero-order valence-electron chi connectivity index (χ0n) is 21.1. The van der Waals surface area contributed by atoms with Crippen LogP contribution in [-0.2, 0) is 20.7 Å². The fourth-order valence-corrected chi connectivity index (χ4v) is 5.35. The number of hydrogen-bond acceptors (Lipinski definition) is 6. The van der Waals surface area contributed by atoms with Gasteiger partial charge in [0.2, 0.25) is 0 Å². The number of anilines is 1. The Morgan fingerprint density at radius 2 is 1.75 bits per heavy atom. The quantitative estimate of drug-likeness (QED) is 0.402. The van der Waals surface area contributed by atoms with Gasteiger partial charge in [0.05, 0.1) is 7.11 Å². The zero-order chi connectivity index (χ0) is 25.7. The Kier molecular flexibility index (Phi) is 8.33. The number of amides is 1. The molecule has 1 aliphatic heterocycles. The Morgan fingerprint density at radius 1 is 1.03 bits per heavy atom. The summed E-state index contributed by atoms with van der Waals surface area (Å²) in [4.78, 5) is 32.1. The molecule has 2 atom stereocenters. The molecule has 3 aromatic carbocycles. The van der Waals surface area contributed by atoms with Crippen LogP contribution in [0.1, 0.15) is 24.0 Å². The van der Waals surface area contributed by atoms with Crippen LogP contribution < -0.4 is 9.64 Å². The first kappa shape index (κ1) is 25.8. The minimum atomic E-state index is -0.921. The van der Waals surface area contributed by atoms with E-state index < -0.39 is 12.1 Å². The van der Waals surface area contributed by atoms with E-state index in [4.69, 9.17) is 9.47 Å². The van der Waals surface area contributed by atoms with E-state index in [1.165, 1.54) is 6.92 Å². The third-order valence-electron chi connectivity index (χ3n) is 6.24. The van der Waals surface area contributed by atoms with E-state index in [1.807, 2.05) is 67.5 Å². The number of benzene rings is 3. The van der Waals surface area contributed by atoms with Gasteiger partial charge < -0.3 is 19.3 Å². The lowest BCUT2D eigenvalue weighted by Crippen LogP contribution is -2.45. The van der Waals surface area contributed by atoms with Crippen molar-refractivity contribution in [2.24, 2.45) is 0 Å². The van der Waals surface area contributed by atoms with Crippen molar-refractivity contribution in [2.45, 2.75) is 35.2 Å². The molecule has 0 radical (unpaired) electrons. The summed E-state index contributed by atoms with van der Waals surface area (Å²) in [5.74, 6) is -0.259. The largest absolute Gasteiger partial charge is 0.497 e. The maximum absolute atomic E-state index is 13.9. The van der Waals surface area contributed by atoms with Gasteiger partial charge in [-0.05, 0) is 74.1 Å². The molecule has 2 unspecified atom stereocenters. The topological polar surface area (TPSA) is 59.1 Å². The summed E-state index contributed by atoms with van der Waals surface area (Å²) in [6, 6.07) is 24.1. The molecule has 4 rings (SSSR count). The van der Waals surface area contributed by atoms with Crippen LogP contribution >= 0.6 is 11.8 Å². The molecule has 1 aliphatic rings. The Morgan fingerprint density at radius 3 is 2.39 bits per heavy atom. The standard InChI is InChI=1S/C29H32N2O4S/c1-20(32)35-28-26(21-10-12-23(34-4)13-11-21)19-22-18-25(36-24-8-6-5-7-9-24)14-15-27(22)31(29(28)33)17-16-30(2)3/h5-15,18,26,28H,16-17,19H2,1-4H3. The number of esters is 1. The van der Waals surface area contributed by atoms with Crippen LogP contribution in [0.2, 0.25) is 0 Å².